The molecule has 234 valence electrons. The van der Waals surface area contributed by atoms with Crippen molar-refractivity contribution in [3.63, 3.8) is 0 Å². The Bertz CT molecular complexity index is 1750. The van der Waals surface area contributed by atoms with Crippen LogP contribution >= 0.6 is 0 Å². The molecule has 4 amide bonds. The summed E-state index contributed by atoms with van der Waals surface area (Å²) in [4.78, 5) is 44.8. The lowest BCUT2D eigenvalue weighted by Gasteiger charge is -2.32. The number of anilines is 2. The SMILES string of the molecule is COc1ccc2cn(C3CCN(Cc4ccc(N5CCC(=O)NC5=O)cn4)CC3)nc2c1NC(=O)c1cccc(C(F)(F)F)c1. The molecule has 2 N–H and O–H groups in total. The molecule has 0 unspecified atom stereocenters. The maximum atomic E-state index is 13.2. The van der Waals surface area contributed by atoms with Gasteiger partial charge in [0.25, 0.3) is 5.91 Å². The van der Waals surface area contributed by atoms with Crippen LogP contribution in [0.3, 0.4) is 0 Å². The van der Waals surface area contributed by atoms with E-state index in [0.29, 0.717) is 30.0 Å². The summed E-state index contributed by atoms with van der Waals surface area (Å²) in [5.41, 5.74) is 1.23. The van der Waals surface area contributed by atoms with Crippen molar-refractivity contribution in [3.05, 3.63) is 77.7 Å². The molecular formula is C31H30F3N7O4. The summed E-state index contributed by atoms with van der Waals surface area (Å²) in [6.07, 6.45) is 0.856. The van der Waals surface area contributed by atoms with Crippen LogP contribution in [-0.4, -0.2) is 64.3 Å². The number of nitrogens with one attached hydrogen (secondary N) is 2. The van der Waals surface area contributed by atoms with Gasteiger partial charge in [0, 0.05) is 49.7 Å². The maximum Gasteiger partial charge on any atom is 0.416 e. The van der Waals surface area contributed by atoms with Gasteiger partial charge in [-0.05, 0) is 55.3 Å². The molecule has 2 saturated heterocycles. The second-order valence-electron chi connectivity index (χ2n) is 11.0. The third-order valence-corrected chi connectivity index (χ3v) is 8.06. The summed E-state index contributed by atoms with van der Waals surface area (Å²) in [6.45, 7) is 2.55. The minimum Gasteiger partial charge on any atom is -0.494 e. The molecule has 2 aliphatic rings. The Hall–Kier alpha value is -4.98. The Morgan fingerprint density at radius 2 is 1.89 bits per heavy atom. The van der Waals surface area contributed by atoms with Crippen molar-refractivity contribution >= 4 is 40.1 Å². The van der Waals surface area contributed by atoms with Crippen LogP contribution in [0.25, 0.3) is 10.9 Å². The van der Waals surface area contributed by atoms with Gasteiger partial charge in [-0.3, -0.25) is 34.4 Å². The number of urea groups is 1. The Kier molecular flexibility index (Phi) is 8.14. The molecule has 14 heteroatoms. The lowest BCUT2D eigenvalue weighted by molar-refractivity contribution is -0.137. The number of carbonyl (C=O) groups is 3. The molecule has 6 rings (SSSR count). The first kappa shape index (κ1) is 30.1. The lowest BCUT2D eigenvalue weighted by atomic mass is 10.1. The summed E-state index contributed by atoms with van der Waals surface area (Å²) in [6, 6.07) is 11.1. The van der Waals surface area contributed by atoms with E-state index >= 15 is 0 Å². The molecule has 0 spiro atoms. The van der Waals surface area contributed by atoms with Gasteiger partial charge in [-0.25, -0.2) is 4.79 Å². The van der Waals surface area contributed by atoms with Crippen molar-refractivity contribution in [1.29, 1.82) is 0 Å². The fraction of sp³-hybridized carbons (Fsp3) is 0.323. The highest BCUT2D eigenvalue weighted by molar-refractivity contribution is 6.10. The summed E-state index contributed by atoms with van der Waals surface area (Å²) in [5, 5.41) is 10.6. The smallest absolute Gasteiger partial charge is 0.416 e. The van der Waals surface area contributed by atoms with E-state index in [-0.39, 0.29) is 29.6 Å². The number of amides is 4. The number of fused-ring (bicyclic) bond motifs is 1. The van der Waals surface area contributed by atoms with Gasteiger partial charge in [0.15, 0.2) is 0 Å². The molecule has 2 fully saturated rings. The standard InChI is InChI=1S/C31H30F3N7O4/c1-45-25-8-5-20-17-41(38-27(20)28(25)37-29(43)19-3-2-4-21(15-19)31(32,33)34)23-9-12-39(13-10-23)18-22-6-7-24(16-35-22)40-14-11-26(42)36-30(40)44/h2-8,15-17,23H,9-14,18H2,1H3,(H,37,43)(H,36,42,44). The number of hydrogen-bond donors (Lipinski definition) is 2. The number of benzene rings is 2. The number of pyridine rings is 1. The number of halogens is 3. The van der Waals surface area contributed by atoms with Crippen molar-refractivity contribution in [2.24, 2.45) is 0 Å². The molecular weight excluding hydrogens is 591 g/mol. The molecule has 2 aliphatic heterocycles. The Balaban J connectivity index is 1.11. The molecule has 4 heterocycles. The zero-order chi connectivity index (χ0) is 31.7. The van der Waals surface area contributed by atoms with Crippen LogP contribution in [0.5, 0.6) is 5.75 Å². The van der Waals surface area contributed by atoms with Crippen molar-refractivity contribution in [2.75, 3.05) is 37.0 Å². The number of carbonyl (C=O) groups excluding carboxylic acids is 3. The zero-order valence-electron chi connectivity index (χ0n) is 24.3. The maximum absolute atomic E-state index is 13.2. The largest absolute Gasteiger partial charge is 0.494 e. The van der Waals surface area contributed by atoms with E-state index in [2.05, 4.69) is 20.5 Å². The first-order valence-corrected chi connectivity index (χ1v) is 14.4. The number of nitrogens with zero attached hydrogens (tertiary/aromatic N) is 5. The first-order valence-electron chi connectivity index (χ1n) is 14.4. The second kappa shape index (κ2) is 12.2. The van der Waals surface area contributed by atoms with Gasteiger partial charge in [-0.1, -0.05) is 6.07 Å². The van der Waals surface area contributed by atoms with E-state index < -0.39 is 23.7 Å². The highest BCUT2D eigenvalue weighted by Crippen LogP contribution is 2.35. The van der Waals surface area contributed by atoms with Crippen molar-refractivity contribution in [2.45, 2.75) is 38.0 Å². The van der Waals surface area contributed by atoms with Crippen molar-refractivity contribution in [1.82, 2.24) is 25.0 Å². The minimum absolute atomic E-state index is 0.0994. The van der Waals surface area contributed by atoms with Crippen LogP contribution in [0.4, 0.5) is 29.3 Å². The Morgan fingerprint density at radius 1 is 1.09 bits per heavy atom. The van der Waals surface area contributed by atoms with Gasteiger partial charge < -0.3 is 10.1 Å². The summed E-state index contributed by atoms with van der Waals surface area (Å²) in [5.74, 6) is -0.644. The number of ether oxygens (including phenoxy) is 1. The first-order chi connectivity index (χ1) is 21.6. The number of rotatable bonds is 7. The van der Waals surface area contributed by atoms with E-state index in [4.69, 9.17) is 9.84 Å². The average molecular weight is 622 g/mol. The van der Waals surface area contributed by atoms with Gasteiger partial charge in [-0.2, -0.15) is 18.3 Å². The van der Waals surface area contributed by atoms with Gasteiger partial charge in [0.2, 0.25) is 5.91 Å². The third-order valence-electron chi connectivity index (χ3n) is 8.06. The third kappa shape index (κ3) is 6.45. The number of piperidine rings is 1. The predicted octanol–water partition coefficient (Wildman–Crippen LogP) is 4.99. The van der Waals surface area contributed by atoms with E-state index in [1.165, 1.54) is 24.1 Å². The fourth-order valence-corrected chi connectivity index (χ4v) is 5.64. The lowest BCUT2D eigenvalue weighted by Crippen LogP contribution is -2.49. The molecule has 4 aromatic rings. The topological polar surface area (TPSA) is 122 Å². The number of likely N-dealkylation sites (tertiary alicyclic amines) is 1. The van der Waals surface area contributed by atoms with Crippen LogP contribution in [-0.2, 0) is 17.5 Å². The van der Waals surface area contributed by atoms with Crippen LogP contribution in [0.1, 0.15) is 46.9 Å². The number of aromatic nitrogens is 3. The van der Waals surface area contributed by atoms with E-state index in [9.17, 15) is 27.6 Å². The molecule has 2 aromatic carbocycles. The highest BCUT2D eigenvalue weighted by Gasteiger charge is 2.31. The summed E-state index contributed by atoms with van der Waals surface area (Å²) < 4.78 is 46.9. The van der Waals surface area contributed by atoms with Crippen LogP contribution in [0.2, 0.25) is 0 Å². The van der Waals surface area contributed by atoms with E-state index in [1.54, 1.807) is 12.3 Å². The van der Waals surface area contributed by atoms with E-state index in [1.807, 2.05) is 29.1 Å². The predicted molar refractivity (Wildman–Crippen MR) is 159 cm³/mol. The summed E-state index contributed by atoms with van der Waals surface area (Å²) >= 11 is 0. The van der Waals surface area contributed by atoms with Gasteiger partial charge >= 0.3 is 12.2 Å². The van der Waals surface area contributed by atoms with Crippen LogP contribution in [0, 0.1) is 0 Å². The number of methoxy groups -OCH3 is 1. The highest BCUT2D eigenvalue weighted by atomic mass is 19.4. The molecule has 0 saturated carbocycles. The Labute approximate surface area is 256 Å². The summed E-state index contributed by atoms with van der Waals surface area (Å²) in [7, 11) is 1.45. The fourth-order valence-electron chi connectivity index (χ4n) is 5.64. The number of imide groups is 1. The van der Waals surface area contributed by atoms with Crippen molar-refractivity contribution in [3.8, 4) is 5.75 Å². The molecule has 11 nitrogen and oxygen atoms in total. The second-order valence-corrected chi connectivity index (χ2v) is 11.0. The van der Waals surface area contributed by atoms with Crippen LogP contribution in [0.15, 0.2) is 60.9 Å². The quantitative estimate of drug-likeness (QED) is 0.298. The van der Waals surface area contributed by atoms with Gasteiger partial charge in [0.1, 0.15) is 17.0 Å². The molecule has 0 aliphatic carbocycles. The van der Waals surface area contributed by atoms with E-state index in [0.717, 1.165) is 49.1 Å². The molecule has 0 bridgehead atoms. The molecule has 45 heavy (non-hydrogen) atoms. The Morgan fingerprint density at radius 3 is 2.58 bits per heavy atom. The molecule has 0 atom stereocenters. The van der Waals surface area contributed by atoms with Crippen molar-refractivity contribution < 1.29 is 32.3 Å². The zero-order valence-corrected chi connectivity index (χ0v) is 24.3. The normalized spacial score (nSPS) is 16.6. The minimum atomic E-state index is -4.57. The number of hydrogen-bond acceptors (Lipinski definition) is 7. The van der Waals surface area contributed by atoms with Gasteiger partial charge in [0.05, 0.1) is 36.3 Å². The van der Waals surface area contributed by atoms with Crippen LogP contribution < -0.4 is 20.3 Å². The molecule has 2 aromatic heterocycles. The monoisotopic (exact) mass is 621 g/mol. The molecule has 0 radical (unpaired) electrons. The average Bonchev–Trinajstić information content (AvgIpc) is 3.47. The number of alkyl halides is 3. The van der Waals surface area contributed by atoms with Gasteiger partial charge in [-0.15, -0.1) is 0 Å².